The van der Waals surface area contributed by atoms with Gasteiger partial charge in [0.15, 0.2) is 23.1 Å². The van der Waals surface area contributed by atoms with Gasteiger partial charge in [-0.3, -0.25) is 5.43 Å². The number of nitrogens with zero attached hydrogens (tertiary/aromatic N) is 5. The number of benzene rings is 2. The van der Waals surface area contributed by atoms with E-state index in [1.54, 1.807) is 6.21 Å². The third-order valence-electron chi connectivity index (χ3n) is 4.29. The van der Waals surface area contributed by atoms with E-state index in [0.29, 0.717) is 23.0 Å². The van der Waals surface area contributed by atoms with Gasteiger partial charge in [-0.25, -0.2) is 9.61 Å². The predicted molar refractivity (Wildman–Crippen MR) is 106 cm³/mol. The van der Waals surface area contributed by atoms with Gasteiger partial charge in [-0.15, -0.1) is 0 Å². The Hall–Kier alpha value is -4.21. The fourth-order valence-corrected chi connectivity index (χ4v) is 2.81. The fraction of sp³-hybridized carbons (Fsp3) is 0.105. The highest BCUT2D eigenvalue weighted by Gasteiger charge is 2.14. The molecule has 10 heteroatoms. The zero-order chi connectivity index (χ0) is 19.6. The van der Waals surface area contributed by atoms with Crippen molar-refractivity contribution in [3.8, 4) is 11.5 Å². The van der Waals surface area contributed by atoms with Crippen LogP contribution in [0, 0.1) is 6.92 Å². The first-order chi connectivity index (χ1) is 14.3. The Morgan fingerprint density at radius 2 is 1.76 bits per heavy atom. The Morgan fingerprint density at radius 1 is 0.966 bits per heavy atom. The fourth-order valence-electron chi connectivity index (χ4n) is 2.81. The van der Waals surface area contributed by atoms with E-state index < -0.39 is 0 Å². The number of rotatable bonds is 5. The van der Waals surface area contributed by atoms with Crippen LogP contribution in [0.25, 0.3) is 11.3 Å². The van der Waals surface area contributed by atoms with Crippen LogP contribution in [0.2, 0.25) is 0 Å². The van der Waals surface area contributed by atoms with Crippen molar-refractivity contribution in [1.29, 1.82) is 0 Å². The van der Waals surface area contributed by atoms with Gasteiger partial charge in [-0.05, 0) is 52.6 Å². The quantitative estimate of drug-likeness (QED) is 0.391. The standard InChI is InChI=1S/C19H15N7O3/c1-11-4-2-3-5-13(11)21-16-17(23-19-18(22-16)25-29-26-19)24-20-9-12-6-7-14-15(8-12)28-10-27-14/h2-9H,10H2,1H3,(H,21,22,25)(H,23,24,26)/b20-9-. The molecule has 0 aliphatic carbocycles. The normalized spacial score (nSPS) is 12.6. The molecule has 0 saturated heterocycles. The number of hydrogen-bond donors (Lipinski definition) is 2. The lowest BCUT2D eigenvalue weighted by Gasteiger charge is -2.11. The van der Waals surface area contributed by atoms with Gasteiger partial charge < -0.3 is 14.8 Å². The van der Waals surface area contributed by atoms with Crippen molar-refractivity contribution in [2.45, 2.75) is 6.92 Å². The number of hydrogen-bond acceptors (Lipinski definition) is 10. The summed E-state index contributed by atoms with van der Waals surface area (Å²) in [4.78, 5) is 8.82. The minimum Gasteiger partial charge on any atom is -0.454 e. The highest BCUT2D eigenvalue weighted by atomic mass is 16.7. The number of hydrazone groups is 1. The molecular formula is C19H15N7O3. The lowest BCUT2D eigenvalue weighted by Crippen LogP contribution is -2.04. The van der Waals surface area contributed by atoms with Crippen molar-refractivity contribution in [2.75, 3.05) is 17.5 Å². The number of fused-ring (bicyclic) bond motifs is 2. The molecule has 4 aromatic rings. The van der Waals surface area contributed by atoms with Gasteiger partial charge in [0.1, 0.15) is 0 Å². The second-order valence-electron chi connectivity index (χ2n) is 6.25. The lowest BCUT2D eigenvalue weighted by molar-refractivity contribution is 0.174. The summed E-state index contributed by atoms with van der Waals surface area (Å²) in [5.41, 5.74) is 6.27. The summed E-state index contributed by atoms with van der Waals surface area (Å²) in [7, 11) is 0. The van der Waals surface area contributed by atoms with E-state index in [-0.39, 0.29) is 12.4 Å². The predicted octanol–water partition coefficient (Wildman–Crippen LogP) is 3.24. The third kappa shape index (κ3) is 3.38. The molecule has 0 bridgehead atoms. The van der Waals surface area contributed by atoms with Crippen LogP contribution in [0.3, 0.4) is 0 Å². The maximum Gasteiger partial charge on any atom is 0.245 e. The maximum absolute atomic E-state index is 5.38. The highest BCUT2D eigenvalue weighted by Crippen LogP contribution is 2.32. The molecule has 1 aliphatic rings. The topological polar surface area (TPSA) is 120 Å². The van der Waals surface area contributed by atoms with Crippen LogP contribution >= 0.6 is 0 Å². The first-order valence-corrected chi connectivity index (χ1v) is 8.78. The summed E-state index contributed by atoms with van der Waals surface area (Å²) in [6, 6.07) is 13.4. The summed E-state index contributed by atoms with van der Waals surface area (Å²) in [5.74, 6) is 2.24. The smallest absolute Gasteiger partial charge is 0.245 e. The van der Waals surface area contributed by atoms with Crippen LogP contribution in [0.15, 0.2) is 52.2 Å². The lowest BCUT2D eigenvalue weighted by atomic mass is 10.2. The summed E-state index contributed by atoms with van der Waals surface area (Å²) in [5, 5.41) is 15.0. The first-order valence-electron chi connectivity index (χ1n) is 8.78. The molecule has 2 aromatic carbocycles. The van der Waals surface area contributed by atoms with E-state index in [2.05, 4.69) is 36.1 Å². The van der Waals surface area contributed by atoms with Crippen LogP contribution < -0.4 is 20.2 Å². The summed E-state index contributed by atoms with van der Waals surface area (Å²) in [6.07, 6.45) is 1.65. The number of anilines is 3. The van der Waals surface area contributed by atoms with Gasteiger partial charge in [0.05, 0.1) is 6.21 Å². The van der Waals surface area contributed by atoms with E-state index in [4.69, 9.17) is 14.1 Å². The Morgan fingerprint density at radius 3 is 2.62 bits per heavy atom. The summed E-state index contributed by atoms with van der Waals surface area (Å²) in [6.45, 7) is 2.22. The molecule has 144 valence electrons. The zero-order valence-electron chi connectivity index (χ0n) is 15.3. The van der Waals surface area contributed by atoms with Crippen molar-refractivity contribution in [2.24, 2.45) is 5.10 Å². The first kappa shape index (κ1) is 16.9. The molecule has 2 N–H and O–H groups in total. The van der Waals surface area contributed by atoms with Gasteiger partial charge in [-0.2, -0.15) is 10.1 Å². The second-order valence-corrected chi connectivity index (χ2v) is 6.25. The molecule has 10 nitrogen and oxygen atoms in total. The van der Waals surface area contributed by atoms with E-state index >= 15 is 0 Å². The second kappa shape index (κ2) is 7.08. The van der Waals surface area contributed by atoms with E-state index in [9.17, 15) is 0 Å². The molecule has 29 heavy (non-hydrogen) atoms. The van der Waals surface area contributed by atoms with Gasteiger partial charge in [0, 0.05) is 5.69 Å². The van der Waals surface area contributed by atoms with Gasteiger partial charge in [0.25, 0.3) is 0 Å². The Balaban J connectivity index is 1.43. The molecule has 5 rings (SSSR count). The number of aromatic nitrogens is 4. The van der Waals surface area contributed by atoms with Crippen LogP contribution in [-0.4, -0.2) is 33.3 Å². The average molecular weight is 389 g/mol. The molecule has 0 saturated carbocycles. The number of ether oxygens (including phenoxy) is 2. The molecule has 0 radical (unpaired) electrons. The molecule has 2 aromatic heterocycles. The summed E-state index contributed by atoms with van der Waals surface area (Å²) < 4.78 is 15.4. The summed E-state index contributed by atoms with van der Waals surface area (Å²) >= 11 is 0. The number of aryl methyl sites for hydroxylation is 1. The van der Waals surface area contributed by atoms with Gasteiger partial charge in [-0.1, -0.05) is 18.2 Å². The largest absolute Gasteiger partial charge is 0.454 e. The Labute approximate surface area is 164 Å². The maximum atomic E-state index is 5.38. The van der Waals surface area contributed by atoms with E-state index in [1.807, 2.05) is 49.4 Å². The molecule has 0 fully saturated rings. The third-order valence-corrected chi connectivity index (χ3v) is 4.29. The number of para-hydroxylation sites is 1. The van der Waals surface area contributed by atoms with Crippen molar-refractivity contribution < 1.29 is 14.1 Å². The SMILES string of the molecule is Cc1ccccc1Nc1nc2nonc2nc1N/N=C\c1ccc2c(c1)OCO2. The van der Waals surface area contributed by atoms with Crippen molar-refractivity contribution in [3.63, 3.8) is 0 Å². The zero-order valence-corrected chi connectivity index (χ0v) is 15.3. The van der Waals surface area contributed by atoms with E-state index in [1.165, 1.54) is 0 Å². The monoisotopic (exact) mass is 389 g/mol. The molecule has 3 heterocycles. The molecule has 1 aliphatic heterocycles. The van der Waals surface area contributed by atoms with Crippen LogP contribution in [0.5, 0.6) is 11.5 Å². The molecule has 0 spiro atoms. The molecule has 0 atom stereocenters. The van der Waals surface area contributed by atoms with Gasteiger partial charge in [0.2, 0.25) is 18.1 Å². The van der Waals surface area contributed by atoms with Crippen LogP contribution in [0.1, 0.15) is 11.1 Å². The number of nitrogens with one attached hydrogen (secondary N) is 2. The highest BCUT2D eigenvalue weighted by molar-refractivity contribution is 5.83. The minimum absolute atomic E-state index is 0.226. The van der Waals surface area contributed by atoms with E-state index in [0.717, 1.165) is 22.6 Å². The van der Waals surface area contributed by atoms with Crippen molar-refractivity contribution in [3.05, 3.63) is 53.6 Å². The average Bonchev–Trinajstić information content (AvgIpc) is 3.38. The minimum atomic E-state index is 0.226. The Bertz CT molecular complexity index is 1220. The van der Waals surface area contributed by atoms with Gasteiger partial charge >= 0.3 is 0 Å². The molecule has 0 amide bonds. The molecule has 0 unspecified atom stereocenters. The van der Waals surface area contributed by atoms with Crippen molar-refractivity contribution in [1.82, 2.24) is 20.3 Å². The van der Waals surface area contributed by atoms with Crippen molar-refractivity contribution >= 4 is 34.8 Å². The molecular weight excluding hydrogens is 374 g/mol. The van der Waals surface area contributed by atoms with Crippen LogP contribution in [-0.2, 0) is 0 Å². The Kier molecular flexibility index (Phi) is 4.13. The van der Waals surface area contributed by atoms with Crippen LogP contribution in [0.4, 0.5) is 17.3 Å².